The highest BCUT2D eigenvalue weighted by molar-refractivity contribution is 5.76. The van der Waals surface area contributed by atoms with E-state index in [4.69, 9.17) is 10.8 Å². The Balaban J connectivity index is 4.47. The molecule has 0 rings (SSSR count). The molecule has 0 fully saturated rings. The largest absolute Gasteiger partial charge is 0.396 e. The van der Waals surface area contributed by atoms with Crippen LogP contribution in [0.2, 0.25) is 0 Å². The molecule has 0 aromatic heterocycles. The molecular weight excluding hydrogens is 252 g/mol. The third-order valence-corrected chi connectivity index (χ3v) is 3.95. The third kappa shape index (κ3) is 7.25. The van der Waals surface area contributed by atoms with Gasteiger partial charge in [0, 0.05) is 25.6 Å². The highest BCUT2D eigenvalue weighted by Gasteiger charge is 2.25. The van der Waals surface area contributed by atoms with Crippen molar-refractivity contribution in [2.24, 2.45) is 17.1 Å². The number of carbonyl (C=O) groups excluding carboxylic acids is 1. The van der Waals surface area contributed by atoms with Gasteiger partial charge in [-0.15, -0.1) is 0 Å². The van der Waals surface area contributed by atoms with Crippen molar-refractivity contribution in [2.75, 3.05) is 19.7 Å². The molecule has 1 amide bonds. The Morgan fingerprint density at radius 1 is 1.25 bits per heavy atom. The average Bonchev–Trinajstić information content (AvgIpc) is 2.33. The minimum atomic E-state index is 0.133. The number of hydrogen-bond acceptors (Lipinski definition) is 3. The summed E-state index contributed by atoms with van der Waals surface area (Å²) in [5.41, 5.74) is 5.87. The number of aliphatic hydroxyl groups is 1. The van der Waals surface area contributed by atoms with Crippen molar-refractivity contribution in [3.63, 3.8) is 0 Å². The van der Waals surface area contributed by atoms with Crippen molar-refractivity contribution in [1.82, 2.24) is 4.90 Å². The van der Waals surface area contributed by atoms with Gasteiger partial charge in [-0.1, -0.05) is 20.8 Å². The number of amides is 1. The Kier molecular flexibility index (Phi) is 9.06. The molecule has 0 saturated heterocycles. The highest BCUT2D eigenvalue weighted by Crippen LogP contribution is 2.32. The number of aliphatic hydroxyl groups excluding tert-OH is 1. The van der Waals surface area contributed by atoms with E-state index in [1.54, 1.807) is 0 Å². The Morgan fingerprint density at radius 3 is 2.25 bits per heavy atom. The summed E-state index contributed by atoms with van der Waals surface area (Å²) in [4.78, 5) is 14.2. The standard InChI is InChI=1S/C16H34N2O2/c1-13(2)18(11-6-12-19)15(20)8-7-14(9-10-17)16(3,4)5/h13-14,19H,6-12,17H2,1-5H3. The molecule has 0 aromatic rings. The fraction of sp³-hybridized carbons (Fsp3) is 0.938. The van der Waals surface area contributed by atoms with Gasteiger partial charge in [0.15, 0.2) is 0 Å². The summed E-state index contributed by atoms with van der Waals surface area (Å²) in [6.45, 7) is 12.1. The maximum absolute atomic E-state index is 12.3. The van der Waals surface area contributed by atoms with E-state index < -0.39 is 0 Å². The van der Waals surface area contributed by atoms with Crippen LogP contribution in [0, 0.1) is 11.3 Å². The fourth-order valence-corrected chi connectivity index (χ4v) is 2.56. The van der Waals surface area contributed by atoms with Gasteiger partial charge >= 0.3 is 0 Å². The van der Waals surface area contributed by atoms with E-state index >= 15 is 0 Å². The van der Waals surface area contributed by atoms with E-state index in [0.29, 0.717) is 31.8 Å². The lowest BCUT2D eigenvalue weighted by Gasteiger charge is -2.32. The minimum absolute atomic E-state index is 0.133. The third-order valence-electron chi connectivity index (χ3n) is 3.95. The van der Waals surface area contributed by atoms with Crippen molar-refractivity contribution >= 4 is 5.91 Å². The molecule has 0 spiro atoms. The van der Waals surface area contributed by atoms with Crippen molar-refractivity contribution < 1.29 is 9.90 Å². The van der Waals surface area contributed by atoms with Gasteiger partial charge in [0.05, 0.1) is 0 Å². The molecule has 20 heavy (non-hydrogen) atoms. The molecule has 0 radical (unpaired) electrons. The number of nitrogens with two attached hydrogens (primary N) is 1. The highest BCUT2D eigenvalue weighted by atomic mass is 16.3. The predicted octanol–water partition coefficient (Wildman–Crippen LogP) is 2.40. The van der Waals surface area contributed by atoms with Crippen LogP contribution in [0.25, 0.3) is 0 Å². The van der Waals surface area contributed by atoms with E-state index in [0.717, 1.165) is 12.8 Å². The van der Waals surface area contributed by atoms with Crippen molar-refractivity contribution in [3.05, 3.63) is 0 Å². The maximum Gasteiger partial charge on any atom is 0.222 e. The molecule has 0 bridgehead atoms. The van der Waals surface area contributed by atoms with E-state index in [1.807, 2.05) is 18.7 Å². The lowest BCUT2D eigenvalue weighted by molar-refractivity contribution is -0.133. The van der Waals surface area contributed by atoms with E-state index in [-0.39, 0.29) is 24.0 Å². The normalized spacial score (nSPS) is 13.6. The second kappa shape index (κ2) is 9.35. The topological polar surface area (TPSA) is 66.6 Å². The van der Waals surface area contributed by atoms with Gasteiger partial charge in [0.1, 0.15) is 0 Å². The zero-order valence-corrected chi connectivity index (χ0v) is 14.0. The molecule has 4 heteroatoms. The zero-order chi connectivity index (χ0) is 15.8. The zero-order valence-electron chi connectivity index (χ0n) is 14.0. The Morgan fingerprint density at radius 2 is 1.85 bits per heavy atom. The molecule has 3 N–H and O–H groups in total. The molecule has 0 aliphatic rings. The van der Waals surface area contributed by atoms with Gasteiger partial charge in [-0.05, 0) is 51.0 Å². The first kappa shape index (κ1) is 19.4. The molecule has 4 nitrogen and oxygen atoms in total. The Hall–Kier alpha value is -0.610. The van der Waals surface area contributed by atoms with Crippen LogP contribution in [0.5, 0.6) is 0 Å². The molecule has 0 aliphatic carbocycles. The average molecular weight is 286 g/mol. The smallest absolute Gasteiger partial charge is 0.222 e. The number of nitrogens with zero attached hydrogens (tertiary/aromatic N) is 1. The Labute approximate surface area is 124 Å². The fourth-order valence-electron chi connectivity index (χ4n) is 2.56. The van der Waals surface area contributed by atoms with Crippen LogP contribution in [0.3, 0.4) is 0 Å². The van der Waals surface area contributed by atoms with Crippen LogP contribution in [-0.4, -0.2) is 41.7 Å². The molecule has 1 atom stereocenters. The van der Waals surface area contributed by atoms with E-state index in [9.17, 15) is 4.79 Å². The van der Waals surface area contributed by atoms with Gasteiger partial charge in [0.25, 0.3) is 0 Å². The van der Waals surface area contributed by atoms with E-state index in [1.165, 1.54) is 0 Å². The lowest BCUT2D eigenvalue weighted by atomic mass is 9.76. The minimum Gasteiger partial charge on any atom is -0.396 e. The van der Waals surface area contributed by atoms with Gasteiger partial charge in [-0.3, -0.25) is 4.79 Å². The quantitative estimate of drug-likeness (QED) is 0.684. The Bertz CT molecular complexity index is 272. The number of rotatable bonds is 9. The summed E-state index contributed by atoms with van der Waals surface area (Å²) in [5, 5.41) is 8.92. The van der Waals surface area contributed by atoms with Gasteiger partial charge in [-0.2, -0.15) is 0 Å². The molecule has 0 heterocycles. The van der Waals surface area contributed by atoms with Crippen molar-refractivity contribution in [3.8, 4) is 0 Å². The van der Waals surface area contributed by atoms with Crippen molar-refractivity contribution in [1.29, 1.82) is 0 Å². The van der Waals surface area contributed by atoms with Crippen LogP contribution in [0.4, 0.5) is 0 Å². The summed E-state index contributed by atoms with van der Waals surface area (Å²) >= 11 is 0. The predicted molar refractivity (Wildman–Crippen MR) is 84.4 cm³/mol. The van der Waals surface area contributed by atoms with Gasteiger partial charge in [-0.25, -0.2) is 0 Å². The summed E-state index contributed by atoms with van der Waals surface area (Å²) in [7, 11) is 0. The van der Waals surface area contributed by atoms with Gasteiger partial charge < -0.3 is 15.7 Å². The first-order chi connectivity index (χ1) is 9.23. The second-order valence-electron chi connectivity index (χ2n) is 6.94. The molecule has 1 unspecified atom stereocenters. The molecule has 0 aromatic carbocycles. The summed E-state index contributed by atoms with van der Waals surface area (Å²) < 4.78 is 0. The van der Waals surface area contributed by atoms with Crippen LogP contribution in [-0.2, 0) is 4.79 Å². The summed E-state index contributed by atoms with van der Waals surface area (Å²) in [6.07, 6.45) is 3.08. The SMILES string of the molecule is CC(C)N(CCCO)C(=O)CCC(CCN)C(C)(C)C. The van der Waals surface area contributed by atoms with Crippen LogP contribution in [0.1, 0.15) is 60.3 Å². The summed E-state index contributed by atoms with van der Waals surface area (Å²) in [6, 6.07) is 0.191. The molecular formula is C16H34N2O2. The molecule has 0 saturated carbocycles. The van der Waals surface area contributed by atoms with Gasteiger partial charge in [0.2, 0.25) is 5.91 Å². The van der Waals surface area contributed by atoms with Crippen LogP contribution in [0.15, 0.2) is 0 Å². The number of hydrogen-bond donors (Lipinski definition) is 2. The lowest BCUT2D eigenvalue weighted by Crippen LogP contribution is -2.38. The monoisotopic (exact) mass is 286 g/mol. The first-order valence-corrected chi connectivity index (χ1v) is 7.84. The number of carbonyl (C=O) groups is 1. The van der Waals surface area contributed by atoms with Crippen LogP contribution < -0.4 is 5.73 Å². The van der Waals surface area contributed by atoms with E-state index in [2.05, 4.69) is 20.8 Å². The maximum atomic E-state index is 12.3. The summed E-state index contributed by atoms with van der Waals surface area (Å²) in [5.74, 6) is 0.669. The molecule has 120 valence electrons. The first-order valence-electron chi connectivity index (χ1n) is 7.84. The second-order valence-corrected chi connectivity index (χ2v) is 6.94. The van der Waals surface area contributed by atoms with Crippen LogP contribution >= 0.6 is 0 Å². The van der Waals surface area contributed by atoms with Crippen molar-refractivity contribution in [2.45, 2.75) is 66.3 Å². The molecule has 0 aliphatic heterocycles.